The first-order valence-corrected chi connectivity index (χ1v) is 7.46. The van der Waals surface area contributed by atoms with Crippen LogP contribution >= 0.6 is 0 Å². The molecule has 3 heteroatoms. The van der Waals surface area contributed by atoms with Crippen molar-refractivity contribution in [3.63, 3.8) is 0 Å². The monoisotopic (exact) mass is 239 g/mol. The largest absolute Gasteiger partial charge is 0.327 e. The minimum absolute atomic E-state index is 0.333. The highest BCUT2D eigenvalue weighted by Gasteiger charge is 2.32. The van der Waals surface area contributed by atoms with Crippen LogP contribution in [0.1, 0.15) is 46.0 Å². The van der Waals surface area contributed by atoms with Crippen LogP contribution in [0.25, 0.3) is 0 Å². The van der Waals surface area contributed by atoms with Crippen LogP contribution in [0.5, 0.6) is 0 Å². The predicted molar refractivity (Wildman–Crippen MR) is 73.1 cm³/mol. The second kappa shape index (κ2) is 6.17. The van der Waals surface area contributed by atoms with E-state index in [-0.39, 0.29) is 0 Å². The van der Waals surface area contributed by atoms with E-state index in [2.05, 4.69) is 23.6 Å². The molecule has 0 aromatic rings. The Morgan fingerprint density at radius 3 is 2.41 bits per heavy atom. The van der Waals surface area contributed by atoms with Crippen LogP contribution < -0.4 is 5.73 Å². The standard InChI is InChI=1S/C14H29N3/c1-3-16-10-7-13(8-11-16)17-9-5-4-6-14(17)12(2)15/h12-14H,3-11,15H2,1-2H3. The summed E-state index contributed by atoms with van der Waals surface area (Å²) < 4.78 is 0. The van der Waals surface area contributed by atoms with Crippen LogP contribution in [0.4, 0.5) is 0 Å². The van der Waals surface area contributed by atoms with Crippen LogP contribution in [0.2, 0.25) is 0 Å². The first-order chi connectivity index (χ1) is 8.22. The normalized spacial score (nSPS) is 31.6. The van der Waals surface area contributed by atoms with Gasteiger partial charge in [0.05, 0.1) is 0 Å². The number of nitrogens with zero attached hydrogens (tertiary/aromatic N) is 2. The summed E-state index contributed by atoms with van der Waals surface area (Å²) in [4.78, 5) is 5.31. The van der Waals surface area contributed by atoms with Crippen molar-refractivity contribution in [2.45, 2.75) is 64.1 Å². The van der Waals surface area contributed by atoms with E-state index < -0.39 is 0 Å². The van der Waals surface area contributed by atoms with Crippen LogP contribution in [0.3, 0.4) is 0 Å². The Morgan fingerprint density at radius 1 is 1.12 bits per heavy atom. The molecule has 2 aliphatic heterocycles. The van der Waals surface area contributed by atoms with E-state index in [1.54, 1.807) is 0 Å². The zero-order valence-corrected chi connectivity index (χ0v) is 11.6. The molecule has 0 aromatic heterocycles. The summed E-state index contributed by atoms with van der Waals surface area (Å²) in [6, 6.07) is 1.77. The molecule has 2 aliphatic rings. The fourth-order valence-corrected chi connectivity index (χ4v) is 3.56. The van der Waals surface area contributed by atoms with Crippen LogP contribution in [0.15, 0.2) is 0 Å². The van der Waals surface area contributed by atoms with E-state index in [4.69, 9.17) is 5.73 Å². The number of rotatable bonds is 3. The van der Waals surface area contributed by atoms with Crippen LogP contribution in [-0.4, -0.2) is 54.1 Å². The summed E-state index contributed by atoms with van der Waals surface area (Å²) in [5.41, 5.74) is 6.17. The maximum absolute atomic E-state index is 6.17. The molecule has 0 radical (unpaired) electrons. The first-order valence-electron chi connectivity index (χ1n) is 7.46. The third-order valence-corrected chi connectivity index (χ3v) is 4.67. The molecule has 100 valence electrons. The molecule has 2 atom stereocenters. The lowest BCUT2D eigenvalue weighted by Crippen LogP contribution is -2.55. The minimum atomic E-state index is 0.333. The first kappa shape index (κ1) is 13.3. The SMILES string of the molecule is CCN1CCC(N2CCCCC2C(C)N)CC1. The molecule has 17 heavy (non-hydrogen) atoms. The number of likely N-dealkylation sites (tertiary alicyclic amines) is 2. The molecule has 2 fully saturated rings. The van der Waals surface area contributed by atoms with Gasteiger partial charge in [-0.1, -0.05) is 13.3 Å². The minimum Gasteiger partial charge on any atom is -0.327 e. The van der Waals surface area contributed by atoms with Crippen molar-refractivity contribution < 1.29 is 0 Å². The number of piperidine rings is 2. The van der Waals surface area contributed by atoms with Gasteiger partial charge in [-0.05, 0) is 58.8 Å². The Balaban J connectivity index is 1.91. The second-order valence-corrected chi connectivity index (χ2v) is 5.83. The summed E-state index contributed by atoms with van der Waals surface area (Å²) in [6.45, 7) is 9.51. The highest BCUT2D eigenvalue weighted by molar-refractivity contribution is 4.89. The Hall–Kier alpha value is -0.120. The van der Waals surface area contributed by atoms with E-state index >= 15 is 0 Å². The molecule has 0 spiro atoms. The van der Waals surface area contributed by atoms with Gasteiger partial charge in [-0.25, -0.2) is 0 Å². The lowest BCUT2D eigenvalue weighted by Gasteiger charge is -2.46. The summed E-state index contributed by atoms with van der Waals surface area (Å²) in [7, 11) is 0. The number of hydrogen-bond acceptors (Lipinski definition) is 3. The van der Waals surface area contributed by atoms with Gasteiger partial charge in [0.25, 0.3) is 0 Å². The van der Waals surface area contributed by atoms with Crippen molar-refractivity contribution in [3.8, 4) is 0 Å². The van der Waals surface area contributed by atoms with Crippen LogP contribution in [-0.2, 0) is 0 Å². The Morgan fingerprint density at radius 2 is 1.82 bits per heavy atom. The maximum atomic E-state index is 6.17. The van der Waals surface area contributed by atoms with Gasteiger partial charge < -0.3 is 10.6 Å². The molecular formula is C14H29N3. The predicted octanol–water partition coefficient (Wildman–Crippen LogP) is 1.67. The zero-order valence-electron chi connectivity index (χ0n) is 11.6. The average molecular weight is 239 g/mol. The van der Waals surface area contributed by atoms with E-state index in [1.165, 1.54) is 58.3 Å². The van der Waals surface area contributed by atoms with Crippen molar-refractivity contribution in [3.05, 3.63) is 0 Å². The lowest BCUT2D eigenvalue weighted by atomic mass is 9.92. The molecule has 0 bridgehead atoms. The maximum Gasteiger partial charge on any atom is 0.0247 e. The summed E-state index contributed by atoms with van der Waals surface area (Å²) in [6.07, 6.45) is 6.74. The van der Waals surface area contributed by atoms with Crippen molar-refractivity contribution in [1.82, 2.24) is 9.80 Å². The summed E-state index contributed by atoms with van der Waals surface area (Å²) >= 11 is 0. The van der Waals surface area contributed by atoms with Gasteiger partial charge in [-0.15, -0.1) is 0 Å². The Bertz CT molecular complexity index is 222. The molecule has 2 heterocycles. The van der Waals surface area contributed by atoms with Gasteiger partial charge in [0, 0.05) is 18.1 Å². The smallest absolute Gasteiger partial charge is 0.0247 e. The fraction of sp³-hybridized carbons (Fsp3) is 1.00. The molecule has 0 aromatic carbocycles. The van der Waals surface area contributed by atoms with Gasteiger partial charge in [0.2, 0.25) is 0 Å². The van der Waals surface area contributed by atoms with Crippen molar-refractivity contribution >= 4 is 0 Å². The molecule has 2 rings (SSSR count). The molecule has 3 nitrogen and oxygen atoms in total. The third-order valence-electron chi connectivity index (χ3n) is 4.67. The fourth-order valence-electron chi connectivity index (χ4n) is 3.56. The zero-order chi connectivity index (χ0) is 12.3. The summed E-state index contributed by atoms with van der Waals surface area (Å²) in [5.74, 6) is 0. The van der Waals surface area contributed by atoms with Gasteiger partial charge in [0.15, 0.2) is 0 Å². The highest BCUT2D eigenvalue weighted by Crippen LogP contribution is 2.26. The second-order valence-electron chi connectivity index (χ2n) is 5.83. The average Bonchev–Trinajstić information content (AvgIpc) is 2.39. The van der Waals surface area contributed by atoms with Gasteiger partial charge in [-0.3, -0.25) is 4.90 Å². The Labute approximate surface area is 106 Å². The molecule has 0 saturated carbocycles. The van der Waals surface area contributed by atoms with Gasteiger partial charge in [-0.2, -0.15) is 0 Å². The molecular weight excluding hydrogens is 210 g/mol. The van der Waals surface area contributed by atoms with E-state index in [0.29, 0.717) is 12.1 Å². The molecule has 2 unspecified atom stereocenters. The van der Waals surface area contributed by atoms with Crippen molar-refractivity contribution in [2.75, 3.05) is 26.2 Å². The summed E-state index contributed by atoms with van der Waals surface area (Å²) in [5, 5.41) is 0. The highest BCUT2D eigenvalue weighted by atomic mass is 15.2. The van der Waals surface area contributed by atoms with E-state index in [1.807, 2.05) is 0 Å². The van der Waals surface area contributed by atoms with Gasteiger partial charge in [0.1, 0.15) is 0 Å². The number of hydrogen-bond donors (Lipinski definition) is 1. The van der Waals surface area contributed by atoms with Crippen molar-refractivity contribution in [1.29, 1.82) is 0 Å². The lowest BCUT2D eigenvalue weighted by molar-refractivity contribution is 0.0430. The van der Waals surface area contributed by atoms with E-state index in [9.17, 15) is 0 Å². The quantitative estimate of drug-likeness (QED) is 0.813. The Kier molecular flexibility index (Phi) is 4.83. The number of nitrogens with two attached hydrogens (primary N) is 1. The molecule has 2 saturated heterocycles. The molecule has 0 amide bonds. The topological polar surface area (TPSA) is 32.5 Å². The molecule has 0 aliphatic carbocycles. The van der Waals surface area contributed by atoms with Gasteiger partial charge >= 0.3 is 0 Å². The van der Waals surface area contributed by atoms with Crippen LogP contribution in [0, 0.1) is 0 Å². The van der Waals surface area contributed by atoms with Crippen molar-refractivity contribution in [2.24, 2.45) is 5.73 Å². The molecule has 2 N–H and O–H groups in total. The van der Waals surface area contributed by atoms with E-state index in [0.717, 1.165) is 6.04 Å². The third kappa shape index (κ3) is 3.21.